The Morgan fingerprint density at radius 3 is 2.67 bits per heavy atom. The number of hydrogen-bond donors (Lipinski definition) is 1. The molecule has 2 N–H and O–H groups in total. The summed E-state index contributed by atoms with van der Waals surface area (Å²) in [6.45, 7) is 0.532. The second kappa shape index (κ2) is 3.49. The molecule has 4 heteroatoms. The quantitative estimate of drug-likeness (QED) is 0.758. The Bertz CT molecular complexity index is 253. The topological polar surface area (TPSA) is 51.8 Å². The van der Waals surface area contributed by atoms with E-state index in [1.54, 1.807) is 11.3 Å². The maximum Gasteiger partial charge on any atom is 0.131 e. The fourth-order valence-corrected chi connectivity index (χ4v) is 2.58. The molecular weight excluding hydrogens is 170 g/mol. The Morgan fingerprint density at radius 2 is 2.08 bits per heavy atom. The lowest BCUT2D eigenvalue weighted by molar-refractivity contribution is 0.703. The lowest BCUT2D eigenvalue weighted by atomic mass is 10.1. The molecule has 1 saturated carbocycles. The molecule has 0 radical (unpaired) electrons. The van der Waals surface area contributed by atoms with Gasteiger partial charge >= 0.3 is 0 Å². The molecule has 1 aromatic heterocycles. The highest BCUT2D eigenvalue weighted by Crippen LogP contribution is 2.35. The van der Waals surface area contributed by atoms with Gasteiger partial charge in [-0.2, -0.15) is 0 Å². The van der Waals surface area contributed by atoms with Crippen LogP contribution in [0.3, 0.4) is 0 Å². The van der Waals surface area contributed by atoms with E-state index in [2.05, 4.69) is 10.2 Å². The summed E-state index contributed by atoms with van der Waals surface area (Å²) in [5.41, 5.74) is 5.47. The van der Waals surface area contributed by atoms with Crippen molar-refractivity contribution in [1.29, 1.82) is 0 Å². The molecular formula is C8H13N3S. The highest BCUT2D eigenvalue weighted by atomic mass is 32.1. The van der Waals surface area contributed by atoms with Gasteiger partial charge in [0.1, 0.15) is 10.0 Å². The minimum Gasteiger partial charge on any atom is -0.324 e. The summed E-state index contributed by atoms with van der Waals surface area (Å²) in [6.07, 6.45) is 5.28. The molecule has 0 atom stereocenters. The molecule has 0 aromatic carbocycles. The fraction of sp³-hybridized carbons (Fsp3) is 0.750. The Kier molecular flexibility index (Phi) is 2.37. The summed E-state index contributed by atoms with van der Waals surface area (Å²) in [5, 5.41) is 10.4. The van der Waals surface area contributed by atoms with E-state index in [-0.39, 0.29) is 0 Å². The molecule has 0 saturated heterocycles. The maximum absolute atomic E-state index is 5.47. The second-order valence-corrected chi connectivity index (χ2v) is 4.31. The zero-order chi connectivity index (χ0) is 8.39. The van der Waals surface area contributed by atoms with E-state index in [0.29, 0.717) is 12.5 Å². The molecule has 66 valence electrons. The summed E-state index contributed by atoms with van der Waals surface area (Å²) in [6, 6.07) is 0. The molecule has 1 fully saturated rings. The first-order valence-corrected chi connectivity index (χ1v) is 5.24. The van der Waals surface area contributed by atoms with E-state index in [9.17, 15) is 0 Å². The first kappa shape index (κ1) is 8.13. The number of aromatic nitrogens is 2. The highest BCUT2D eigenvalue weighted by Gasteiger charge is 2.20. The lowest BCUT2D eigenvalue weighted by Gasteiger charge is -2.00. The molecule has 1 aromatic rings. The zero-order valence-corrected chi connectivity index (χ0v) is 7.81. The SMILES string of the molecule is NCc1nnc(C2CCCC2)s1. The molecule has 1 aliphatic carbocycles. The van der Waals surface area contributed by atoms with Crippen molar-refractivity contribution in [3.63, 3.8) is 0 Å². The average Bonchev–Trinajstić information content (AvgIpc) is 2.75. The first-order chi connectivity index (χ1) is 5.90. The minimum atomic E-state index is 0.532. The molecule has 0 bridgehead atoms. The third-order valence-electron chi connectivity index (χ3n) is 2.36. The molecule has 3 nitrogen and oxygen atoms in total. The highest BCUT2D eigenvalue weighted by molar-refractivity contribution is 7.11. The second-order valence-electron chi connectivity index (χ2n) is 3.22. The summed E-state index contributed by atoms with van der Waals surface area (Å²) in [5.74, 6) is 0.683. The Labute approximate surface area is 76.0 Å². The van der Waals surface area contributed by atoms with Crippen LogP contribution in [0.4, 0.5) is 0 Å². The van der Waals surface area contributed by atoms with Gasteiger partial charge in [-0.1, -0.05) is 24.2 Å². The van der Waals surface area contributed by atoms with Crippen molar-refractivity contribution in [2.24, 2.45) is 5.73 Å². The van der Waals surface area contributed by atoms with Crippen LogP contribution in [0.25, 0.3) is 0 Å². The number of nitrogens with two attached hydrogens (primary N) is 1. The van der Waals surface area contributed by atoms with Crippen LogP contribution < -0.4 is 5.73 Å². The van der Waals surface area contributed by atoms with E-state index in [4.69, 9.17) is 5.73 Å². The van der Waals surface area contributed by atoms with Gasteiger partial charge in [0.15, 0.2) is 0 Å². The molecule has 0 spiro atoms. The number of hydrogen-bond acceptors (Lipinski definition) is 4. The van der Waals surface area contributed by atoms with Crippen molar-refractivity contribution in [1.82, 2.24) is 10.2 Å². The molecule has 12 heavy (non-hydrogen) atoms. The van der Waals surface area contributed by atoms with Gasteiger partial charge in [-0.15, -0.1) is 10.2 Å². The average molecular weight is 183 g/mol. The number of rotatable bonds is 2. The summed E-state index contributed by atoms with van der Waals surface area (Å²) >= 11 is 1.68. The van der Waals surface area contributed by atoms with Crippen LogP contribution in [-0.2, 0) is 6.54 Å². The van der Waals surface area contributed by atoms with E-state index < -0.39 is 0 Å². The van der Waals surface area contributed by atoms with Crippen molar-refractivity contribution >= 4 is 11.3 Å². The Hall–Kier alpha value is -0.480. The van der Waals surface area contributed by atoms with E-state index in [1.807, 2.05) is 0 Å². The lowest BCUT2D eigenvalue weighted by Crippen LogP contribution is -1.94. The Morgan fingerprint density at radius 1 is 1.33 bits per heavy atom. The van der Waals surface area contributed by atoms with Gasteiger partial charge in [-0.25, -0.2) is 0 Å². The Balaban J connectivity index is 2.11. The van der Waals surface area contributed by atoms with Gasteiger partial charge < -0.3 is 5.73 Å². The van der Waals surface area contributed by atoms with Crippen molar-refractivity contribution in [2.45, 2.75) is 38.1 Å². The normalized spacial score (nSPS) is 18.8. The van der Waals surface area contributed by atoms with Gasteiger partial charge in [0, 0.05) is 12.5 Å². The third-order valence-corrected chi connectivity index (χ3v) is 3.47. The van der Waals surface area contributed by atoms with Crippen LogP contribution in [0.1, 0.15) is 41.6 Å². The molecule has 0 aliphatic heterocycles. The third kappa shape index (κ3) is 1.49. The van der Waals surface area contributed by atoms with Crippen LogP contribution >= 0.6 is 11.3 Å². The maximum atomic E-state index is 5.47. The van der Waals surface area contributed by atoms with Gasteiger partial charge in [-0.05, 0) is 12.8 Å². The van der Waals surface area contributed by atoms with Crippen molar-refractivity contribution < 1.29 is 0 Å². The van der Waals surface area contributed by atoms with E-state index in [1.165, 1.54) is 30.7 Å². The summed E-state index contributed by atoms with van der Waals surface area (Å²) in [7, 11) is 0. The van der Waals surface area contributed by atoms with E-state index in [0.717, 1.165) is 5.01 Å². The van der Waals surface area contributed by atoms with Crippen molar-refractivity contribution in [3.8, 4) is 0 Å². The molecule has 1 aliphatic rings. The van der Waals surface area contributed by atoms with Crippen LogP contribution in [-0.4, -0.2) is 10.2 Å². The molecule has 2 rings (SSSR count). The van der Waals surface area contributed by atoms with E-state index >= 15 is 0 Å². The van der Waals surface area contributed by atoms with Gasteiger partial charge in [0.25, 0.3) is 0 Å². The van der Waals surface area contributed by atoms with Crippen molar-refractivity contribution in [3.05, 3.63) is 10.0 Å². The van der Waals surface area contributed by atoms with Crippen LogP contribution in [0.5, 0.6) is 0 Å². The van der Waals surface area contributed by atoms with Crippen LogP contribution in [0.15, 0.2) is 0 Å². The minimum absolute atomic E-state index is 0.532. The fourth-order valence-electron chi connectivity index (χ4n) is 1.69. The standard InChI is InChI=1S/C8H13N3S/c9-5-7-10-11-8(12-7)6-3-1-2-4-6/h6H,1-5,9H2. The van der Waals surface area contributed by atoms with Gasteiger partial charge in [0.2, 0.25) is 0 Å². The molecule has 1 heterocycles. The molecule has 0 amide bonds. The zero-order valence-electron chi connectivity index (χ0n) is 6.99. The van der Waals surface area contributed by atoms with Crippen molar-refractivity contribution in [2.75, 3.05) is 0 Å². The monoisotopic (exact) mass is 183 g/mol. The summed E-state index contributed by atoms with van der Waals surface area (Å²) in [4.78, 5) is 0. The predicted octanol–water partition coefficient (Wildman–Crippen LogP) is 1.65. The molecule has 0 unspecified atom stereocenters. The van der Waals surface area contributed by atoms with Crippen LogP contribution in [0, 0.1) is 0 Å². The largest absolute Gasteiger partial charge is 0.324 e. The van der Waals surface area contributed by atoms with Gasteiger partial charge in [-0.3, -0.25) is 0 Å². The first-order valence-electron chi connectivity index (χ1n) is 4.42. The summed E-state index contributed by atoms with van der Waals surface area (Å²) < 4.78 is 0. The van der Waals surface area contributed by atoms with Gasteiger partial charge in [0.05, 0.1) is 0 Å². The number of nitrogens with zero attached hydrogens (tertiary/aromatic N) is 2. The van der Waals surface area contributed by atoms with Crippen LogP contribution in [0.2, 0.25) is 0 Å². The predicted molar refractivity (Wildman–Crippen MR) is 49.0 cm³/mol. The smallest absolute Gasteiger partial charge is 0.131 e.